The fourth-order valence-corrected chi connectivity index (χ4v) is 10.2. The summed E-state index contributed by atoms with van der Waals surface area (Å²) >= 11 is 0. The van der Waals surface area contributed by atoms with Crippen molar-refractivity contribution in [3.63, 3.8) is 0 Å². The highest BCUT2D eigenvalue weighted by atomic mass is 16.2. The van der Waals surface area contributed by atoms with Gasteiger partial charge in [-0.05, 0) is 64.2 Å². The van der Waals surface area contributed by atoms with Crippen molar-refractivity contribution in [3.8, 4) is 0 Å². The van der Waals surface area contributed by atoms with Crippen LogP contribution in [0.5, 0.6) is 0 Å². The number of amides is 7. The largest absolute Gasteiger partial charge is 0.370 e. The van der Waals surface area contributed by atoms with Crippen LogP contribution < -0.4 is 66.7 Å². The molecule has 19 N–H and O–H groups in total. The number of nitrogens with one attached hydrogen (secondary N) is 5. The molecule has 0 aliphatic rings. The molecule has 0 fully saturated rings. The summed E-state index contributed by atoms with van der Waals surface area (Å²) in [6.45, 7) is 6.18. The molecule has 502 valence electrons. The highest BCUT2D eigenvalue weighted by Crippen LogP contribution is 2.16. The third kappa shape index (κ3) is 52.7. The van der Waals surface area contributed by atoms with E-state index in [0.717, 1.165) is 50.7 Å². The third-order valence-corrected chi connectivity index (χ3v) is 15.3. The van der Waals surface area contributed by atoms with Crippen molar-refractivity contribution in [1.29, 1.82) is 0 Å². The van der Waals surface area contributed by atoms with Gasteiger partial charge in [-0.15, -0.1) is 0 Å². The van der Waals surface area contributed by atoms with E-state index in [4.69, 9.17) is 40.1 Å². The second-order valence-electron chi connectivity index (χ2n) is 23.4. The molecular formula is C64H124N16O7. The zero-order chi connectivity index (χ0) is 64.4. The first-order chi connectivity index (χ1) is 42.0. The van der Waals surface area contributed by atoms with Crippen LogP contribution in [-0.2, 0) is 33.6 Å². The van der Waals surface area contributed by atoms with E-state index in [1.807, 2.05) is 0 Å². The lowest BCUT2D eigenvalue weighted by atomic mass is 10.0. The molecule has 0 heterocycles. The molecule has 87 heavy (non-hydrogen) atoms. The molecule has 0 aromatic carbocycles. The number of nitrogens with two attached hydrogens (primary N) is 7. The van der Waals surface area contributed by atoms with Crippen LogP contribution in [0.2, 0.25) is 0 Å². The average molecular weight is 1230 g/mol. The van der Waals surface area contributed by atoms with E-state index in [1.165, 1.54) is 154 Å². The number of rotatable bonds is 60. The van der Waals surface area contributed by atoms with Gasteiger partial charge in [-0.2, -0.15) is 0 Å². The van der Waals surface area contributed by atoms with Gasteiger partial charge in [0.15, 0.2) is 17.9 Å². The first kappa shape index (κ1) is 80.8. The summed E-state index contributed by atoms with van der Waals surface area (Å²) in [5, 5.41) is 13.9. The Kier molecular flexibility index (Phi) is 53.5. The minimum absolute atomic E-state index is 0.0234. The van der Waals surface area contributed by atoms with Gasteiger partial charge in [0.1, 0.15) is 18.1 Å². The third-order valence-electron chi connectivity index (χ3n) is 15.3. The maximum absolute atomic E-state index is 14.0. The lowest BCUT2D eigenvalue weighted by Gasteiger charge is -2.24. The number of unbranched alkanes of at least 4 members (excludes halogenated alkanes) is 28. The number of primary amides is 1. The Bertz CT molecular complexity index is 1890. The molecule has 0 saturated heterocycles. The summed E-state index contributed by atoms with van der Waals surface area (Å²) in [7, 11) is 0. The lowest BCUT2D eigenvalue weighted by Crippen LogP contribution is -2.56. The first-order valence-corrected chi connectivity index (χ1v) is 33.9. The van der Waals surface area contributed by atoms with Crippen molar-refractivity contribution in [2.75, 3.05) is 45.8 Å². The summed E-state index contributed by atoms with van der Waals surface area (Å²) in [5.74, 6) is -4.07. The van der Waals surface area contributed by atoms with Gasteiger partial charge < -0.3 is 71.6 Å². The van der Waals surface area contributed by atoms with Gasteiger partial charge in [0, 0.05) is 70.8 Å². The van der Waals surface area contributed by atoms with E-state index in [9.17, 15) is 33.6 Å². The molecule has 0 radical (unpaired) electrons. The molecule has 0 bridgehead atoms. The van der Waals surface area contributed by atoms with Gasteiger partial charge in [-0.1, -0.05) is 194 Å². The zero-order valence-electron chi connectivity index (χ0n) is 54.3. The molecular weight excluding hydrogens is 1100 g/mol. The van der Waals surface area contributed by atoms with E-state index in [0.29, 0.717) is 45.2 Å². The van der Waals surface area contributed by atoms with Crippen molar-refractivity contribution in [1.82, 2.24) is 31.5 Å². The summed E-state index contributed by atoms with van der Waals surface area (Å²) in [6, 6.07) is -3.59. The molecule has 0 aliphatic heterocycles. The minimum atomic E-state index is -1.24. The van der Waals surface area contributed by atoms with Crippen molar-refractivity contribution < 1.29 is 33.6 Å². The number of guanidine groups is 3. The Balaban J connectivity index is 5.70. The van der Waals surface area contributed by atoms with Crippen LogP contribution in [0.4, 0.5) is 0 Å². The van der Waals surface area contributed by atoms with Gasteiger partial charge in [0.2, 0.25) is 41.4 Å². The fourth-order valence-electron chi connectivity index (χ4n) is 10.2. The molecule has 0 aliphatic carbocycles. The molecule has 0 saturated carbocycles. The number of hydrogen-bond acceptors (Lipinski definition) is 10. The normalized spacial score (nSPS) is 12.1. The maximum atomic E-state index is 14.0. The molecule has 0 unspecified atom stereocenters. The molecule has 0 rings (SSSR count). The zero-order valence-corrected chi connectivity index (χ0v) is 54.3. The van der Waals surface area contributed by atoms with Gasteiger partial charge in [-0.3, -0.25) is 48.5 Å². The molecule has 0 aromatic rings. The van der Waals surface area contributed by atoms with Crippen molar-refractivity contribution in [2.24, 2.45) is 55.1 Å². The van der Waals surface area contributed by atoms with E-state index in [-0.39, 0.29) is 94.5 Å². The smallest absolute Gasteiger partial charge is 0.246 e. The van der Waals surface area contributed by atoms with Gasteiger partial charge in [-0.25, -0.2) is 0 Å². The van der Waals surface area contributed by atoms with E-state index < -0.39 is 47.7 Å². The fraction of sp³-hybridized carbons (Fsp3) is 0.812. The Hall–Kier alpha value is -6.16. The van der Waals surface area contributed by atoms with Crippen LogP contribution in [0, 0.1) is 0 Å². The molecule has 23 heteroatoms. The van der Waals surface area contributed by atoms with Gasteiger partial charge in [0.05, 0.1) is 0 Å². The minimum Gasteiger partial charge on any atom is -0.370 e. The Morgan fingerprint density at radius 1 is 0.368 bits per heavy atom. The van der Waals surface area contributed by atoms with Crippen molar-refractivity contribution in [3.05, 3.63) is 12.2 Å². The van der Waals surface area contributed by atoms with E-state index in [2.05, 4.69) is 55.4 Å². The quantitative estimate of drug-likeness (QED) is 0.0126. The molecule has 7 amide bonds. The lowest BCUT2D eigenvalue weighted by molar-refractivity contribution is -0.133. The summed E-state index contributed by atoms with van der Waals surface area (Å²) < 4.78 is 0. The Morgan fingerprint density at radius 3 is 0.989 bits per heavy atom. The predicted octanol–water partition coefficient (Wildman–Crippen LogP) is 7.01. The van der Waals surface area contributed by atoms with Crippen LogP contribution in [-0.4, -0.2) is 128 Å². The van der Waals surface area contributed by atoms with E-state index >= 15 is 0 Å². The van der Waals surface area contributed by atoms with E-state index in [1.54, 1.807) is 4.90 Å². The van der Waals surface area contributed by atoms with Crippen molar-refractivity contribution >= 4 is 59.2 Å². The molecule has 0 aromatic heterocycles. The van der Waals surface area contributed by atoms with Gasteiger partial charge >= 0.3 is 0 Å². The van der Waals surface area contributed by atoms with Crippen LogP contribution in [0.25, 0.3) is 0 Å². The number of hydrogen-bond donors (Lipinski definition) is 12. The number of aliphatic imine (C=N–C) groups is 3. The molecule has 23 nitrogen and oxygen atoms in total. The topological polar surface area (TPSA) is 402 Å². The monoisotopic (exact) mass is 1230 g/mol. The average Bonchev–Trinajstić information content (AvgIpc) is 3.64. The van der Waals surface area contributed by atoms with Crippen LogP contribution >= 0.6 is 0 Å². The Labute approximate surface area is 524 Å². The van der Waals surface area contributed by atoms with Gasteiger partial charge in [0.25, 0.3) is 0 Å². The van der Waals surface area contributed by atoms with Crippen molar-refractivity contribution in [2.45, 2.75) is 289 Å². The number of carbonyl (C=O) groups is 7. The maximum Gasteiger partial charge on any atom is 0.246 e. The molecule has 0 spiro atoms. The van der Waals surface area contributed by atoms with Crippen LogP contribution in [0.3, 0.4) is 0 Å². The second kappa shape index (κ2) is 57.6. The number of carbonyl (C=O) groups excluding carboxylic acids is 7. The molecule has 3 atom stereocenters. The Morgan fingerprint density at radius 2 is 0.667 bits per heavy atom. The first-order valence-electron chi connectivity index (χ1n) is 33.9. The van der Waals surface area contributed by atoms with Crippen LogP contribution in [0.1, 0.15) is 271 Å². The predicted molar refractivity (Wildman–Crippen MR) is 355 cm³/mol. The summed E-state index contributed by atoms with van der Waals surface area (Å²) in [6.07, 6.45) is 42.3. The highest BCUT2D eigenvalue weighted by Gasteiger charge is 2.29. The number of nitrogens with zero attached hydrogens (tertiary/aromatic N) is 4. The standard InChI is InChI=1S/C64H124N16O7/c1-3-5-7-9-11-13-15-17-19-21-23-25-27-29-31-41-55(81)72-48-36-50-80(51-37-49-73-56(82)42-32-30-28-26-24-22-20-18-16-14-12-10-8-6-4-2)58(84)44-43-57(83)77-53(39-34-46-75-63(68)69)60(86)79-54(40-35-47-76-64(70)71)61(87)78-52(59(65)85)38-33-45-74-62(66)67/h43-44,52-54H,3-42,45-51H2,1-2H3,(H2,65,85)(H,72,81)(H,73,82)(H,77,83)(H,78,87)(H,79,86)(H4,66,67,74)(H4,68,69,75)(H4,70,71,76)/b44-43-/t52-,53-,54-/m0/s1. The van der Waals surface area contributed by atoms with Crippen LogP contribution in [0.15, 0.2) is 27.1 Å². The summed E-state index contributed by atoms with van der Waals surface area (Å²) in [4.78, 5) is 106. The SMILES string of the molecule is CCCCCCCCCCCCCCCCCC(=O)NCCCN(CCCNC(=O)CCCCCCCCCCCCCCCCC)C(=O)/C=C\C(=O)N[C@@H](CCCN=C(N)N)C(=O)N[C@@H](CCCN=C(N)N)C(=O)N[C@@H](CCCN=C(N)N)C(N)=O. The highest BCUT2D eigenvalue weighted by molar-refractivity contribution is 5.99. The summed E-state index contributed by atoms with van der Waals surface area (Å²) in [5.41, 5.74) is 38.5. The second-order valence-corrected chi connectivity index (χ2v) is 23.4.